The summed E-state index contributed by atoms with van der Waals surface area (Å²) >= 11 is 11.1. The fraction of sp³-hybridized carbons (Fsp3) is 0.211. The average Bonchev–Trinajstić information content (AvgIpc) is 3.45. The number of carbonyl (C=O) groups excluding carboxylic acids is 1. The van der Waals surface area contributed by atoms with E-state index in [1.807, 2.05) is 0 Å². The summed E-state index contributed by atoms with van der Waals surface area (Å²) in [5.74, 6) is -0.673. The summed E-state index contributed by atoms with van der Waals surface area (Å²) in [6, 6.07) is 9.30. The van der Waals surface area contributed by atoms with Crippen LogP contribution in [0.15, 0.2) is 41.2 Å². The Morgan fingerprint density at radius 2 is 2.04 bits per heavy atom. The molecule has 2 aromatic carbocycles. The number of aromatic amines is 2. The van der Waals surface area contributed by atoms with E-state index in [0.717, 1.165) is 12.8 Å². The predicted octanol–water partition coefficient (Wildman–Crippen LogP) is 4.18. The summed E-state index contributed by atoms with van der Waals surface area (Å²) in [6.07, 6.45) is 1.74. The van der Waals surface area contributed by atoms with Crippen molar-refractivity contribution in [3.63, 3.8) is 0 Å². The average molecular weight is 404 g/mol. The molecular weight excluding hydrogens is 389 g/mol. The van der Waals surface area contributed by atoms with Gasteiger partial charge in [-0.3, -0.25) is 14.6 Å². The Bertz CT molecular complexity index is 1150. The Morgan fingerprint density at radius 1 is 1.26 bits per heavy atom. The van der Waals surface area contributed by atoms with E-state index < -0.39 is 5.82 Å². The lowest BCUT2D eigenvalue weighted by molar-refractivity contribution is 0.0728. The summed E-state index contributed by atoms with van der Waals surface area (Å²) in [6.45, 7) is 0.0957. The second kappa shape index (κ2) is 6.90. The van der Waals surface area contributed by atoms with Crippen LogP contribution >= 0.6 is 23.8 Å². The molecule has 1 saturated carbocycles. The minimum atomic E-state index is -0.435. The molecule has 8 heteroatoms. The standard InChI is InChI=1S/C19H15ClFN3O2S/c20-14-2-1-3-15(21)13(14)9-24(11-5-6-11)18(26)10-4-7-12-16(8-10)22-19(27)23-17(12)25/h1-4,7-8,11H,5-6,9H2,(H2,22,23,25,27). The molecule has 1 heterocycles. The third-order valence-corrected chi connectivity index (χ3v) is 5.18. The highest BCUT2D eigenvalue weighted by molar-refractivity contribution is 7.71. The first-order valence-corrected chi connectivity index (χ1v) is 9.23. The van der Waals surface area contributed by atoms with Crippen LogP contribution in [0.3, 0.4) is 0 Å². The number of hydrogen-bond acceptors (Lipinski definition) is 3. The molecule has 0 bridgehead atoms. The van der Waals surface area contributed by atoms with E-state index in [1.54, 1.807) is 29.2 Å². The van der Waals surface area contributed by atoms with Gasteiger partial charge in [-0.15, -0.1) is 0 Å². The van der Waals surface area contributed by atoms with Crippen molar-refractivity contribution >= 4 is 40.6 Å². The van der Waals surface area contributed by atoms with Gasteiger partial charge in [0.2, 0.25) is 0 Å². The minimum Gasteiger partial charge on any atom is -0.332 e. The van der Waals surface area contributed by atoms with Crippen molar-refractivity contribution in [1.29, 1.82) is 0 Å². The molecule has 5 nitrogen and oxygen atoms in total. The highest BCUT2D eigenvalue weighted by atomic mass is 35.5. The van der Waals surface area contributed by atoms with Crippen molar-refractivity contribution in [2.45, 2.75) is 25.4 Å². The number of fused-ring (bicyclic) bond motifs is 1. The van der Waals surface area contributed by atoms with Gasteiger partial charge in [-0.1, -0.05) is 17.7 Å². The zero-order valence-electron chi connectivity index (χ0n) is 14.1. The zero-order chi connectivity index (χ0) is 19.1. The van der Waals surface area contributed by atoms with Crippen LogP contribution in [0.5, 0.6) is 0 Å². The van der Waals surface area contributed by atoms with Crippen molar-refractivity contribution in [2.75, 3.05) is 0 Å². The number of carbonyl (C=O) groups is 1. The molecule has 1 amide bonds. The van der Waals surface area contributed by atoms with Gasteiger partial charge in [0.05, 0.1) is 17.4 Å². The number of H-pyrrole nitrogens is 2. The van der Waals surface area contributed by atoms with E-state index in [-0.39, 0.29) is 28.8 Å². The Labute approximate surface area is 163 Å². The van der Waals surface area contributed by atoms with Crippen molar-refractivity contribution in [2.24, 2.45) is 0 Å². The van der Waals surface area contributed by atoms with Crippen LogP contribution in [-0.2, 0) is 6.54 Å². The van der Waals surface area contributed by atoms with Gasteiger partial charge in [0, 0.05) is 22.2 Å². The van der Waals surface area contributed by atoms with Gasteiger partial charge in [-0.2, -0.15) is 0 Å². The maximum Gasteiger partial charge on any atom is 0.259 e. The third-order valence-electron chi connectivity index (χ3n) is 4.63. The quantitative estimate of drug-likeness (QED) is 0.642. The van der Waals surface area contributed by atoms with Gasteiger partial charge >= 0.3 is 0 Å². The second-order valence-corrected chi connectivity index (χ2v) is 7.35. The summed E-state index contributed by atoms with van der Waals surface area (Å²) in [5, 5.41) is 0.706. The van der Waals surface area contributed by atoms with Gasteiger partial charge in [0.1, 0.15) is 5.82 Å². The van der Waals surface area contributed by atoms with Gasteiger partial charge in [-0.25, -0.2) is 4.39 Å². The molecule has 0 saturated heterocycles. The first-order chi connectivity index (χ1) is 12.9. The molecule has 1 aromatic heterocycles. The van der Waals surface area contributed by atoms with Gasteiger partial charge in [-0.05, 0) is 55.4 Å². The van der Waals surface area contributed by atoms with Gasteiger partial charge < -0.3 is 9.88 Å². The largest absolute Gasteiger partial charge is 0.332 e. The maximum absolute atomic E-state index is 14.2. The predicted molar refractivity (Wildman–Crippen MR) is 104 cm³/mol. The summed E-state index contributed by atoms with van der Waals surface area (Å²) in [5.41, 5.74) is 0.869. The first-order valence-electron chi connectivity index (χ1n) is 8.44. The van der Waals surface area contributed by atoms with Crippen LogP contribution in [-0.4, -0.2) is 26.8 Å². The number of aromatic nitrogens is 2. The van der Waals surface area contributed by atoms with Gasteiger partial charge in [0.25, 0.3) is 11.5 Å². The van der Waals surface area contributed by atoms with Gasteiger partial charge in [0.15, 0.2) is 4.77 Å². The molecule has 0 atom stereocenters. The smallest absolute Gasteiger partial charge is 0.259 e. The minimum absolute atomic E-state index is 0.0570. The SMILES string of the molecule is O=C(c1ccc2c(=O)[nH]c(=S)[nH]c2c1)N(Cc1c(F)cccc1Cl)C1CC1. The Kier molecular flexibility index (Phi) is 4.57. The third kappa shape index (κ3) is 3.52. The number of halogens is 2. The van der Waals surface area contributed by atoms with E-state index >= 15 is 0 Å². The highest BCUT2D eigenvalue weighted by Gasteiger charge is 2.34. The second-order valence-electron chi connectivity index (χ2n) is 6.53. The van der Waals surface area contributed by atoms with E-state index in [9.17, 15) is 14.0 Å². The lowest BCUT2D eigenvalue weighted by atomic mass is 10.1. The number of nitrogens with zero attached hydrogens (tertiary/aromatic N) is 1. The number of benzene rings is 2. The zero-order valence-corrected chi connectivity index (χ0v) is 15.7. The highest BCUT2D eigenvalue weighted by Crippen LogP contribution is 2.32. The molecule has 1 fully saturated rings. The van der Waals surface area contributed by atoms with Crippen molar-refractivity contribution in [3.8, 4) is 0 Å². The maximum atomic E-state index is 14.2. The Morgan fingerprint density at radius 3 is 2.74 bits per heavy atom. The Hall–Kier alpha value is -2.51. The van der Waals surface area contributed by atoms with Crippen molar-refractivity contribution in [1.82, 2.24) is 14.9 Å². The van der Waals surface area contributed by atoms with Crippen molar-refractivity contribution in [3.05, 3.63) is 73.5 Å². The first kappa shape index (κ1) is 17.9. The number of rotatable bonds is 4. The molecular formula is C19H15ClFN3O2S. The monoisotopic (exact) mass is 403 g/mol. The van der Waals surface area contributed by atoms with Crippen LogP contribution in [0, 0.1) is 10.6 Å². The van der Waals surface area contributed by atoms with Crippen LogP contribution in [0.4, 0.5) is 4.39 Å². The molecule has 2 N–H and O–H groups in total. The van der Waals surface area contributed by atoms with Crippen LogP contribution in [0.1, 0.15) is 28.8 Å². The summed E-state index contributed by atoms with van der Waals surface area (Å²) < 4.78 is 14.4. The molecule has 138 valence electrons. The fourth-order valence-electron chi connectivity index (χ4n) is 3.08. The summed E-state index contributed by atoms with van der Waals surface area (Å²) in [7, 11) is 0. The molecule has 4 rings (SSSR count). The molecule has 3 aromatic rings. The number of amides is 1. The van der Waals surface area contributed by atoms with Crippen LogP contribution in [0.2, 0.25) is 5.02 Å². The molecule has 0 spiro atoms. The molecule has 0 aliphatic heterocycles. The lowest BCUT2D eigenvalue weighted by Crippen LogP contribution is -2.33. The molecule has 1 aliphatic carbocycles. The van der Waals surface area contributed by atoms with Crippen molar-refractivity contribution < 1.29 is 9.18 Å². The molecule has 1 aliphatic rings. The lowest BCUT2D eigenvalue weighted by Gasteiger charge is -2.23. The van der Waals surface area contributed by atoms with E-state index in [1.165, 1.54) is 12.1 Å². The number of nitrogens with one attached hydrogen (secondary N) is 2. The normalized spacial score (nSPS) is 13.7. The fourth-order valence-corrected chi connectivity index (χ4v) is 3.50. The topological polar surface area (TPSA) is 69.0 Å². The molecule has 0 unspecified atom stereocenters. The van der Waals surface area contributed by atoms with Crippen LogP contribution in [0.25, 0.3) is 10.9 Å². The summed E-state index contributed by atoms with van der Waals surface area (Å²) in [4.78, 5) is 32.1. The van der Waals surface area contributed by atoms with E-state index in [2.05, 4.69) is 9.97 Å². The van der Waals surface area contributed by atoms with Crippen LogP contribution < -0.4 is 5.56 Å². The molecule has 0 radical (unpaired) electrons. The van der Waals surface area contributed by atoms with E-state index in [0.29, 0.717) is 27.1 Å². The Balaban J connectivity index is 1.72. The number of hydrogen-bond donors (Lipinski definition) is 2. The van der Waals surface area contributed by atoms with E-state index in [4.69, 9.17) is 23.8 Å². The molecule has 27 heavy (non-hydrogen) atoms.